The molecule has 25 heavy (non-hydrogen) atoms. The van der Waals surface area contributed by atoms with Gasteiger partial charge >= 0.3 is 6.09 Å². The van der Waals surface area contributed by atoms with E-state index >= 15 is 0 Å². The molecule has 2 N–H and O–H groups in total. The van der Waals surface area contributed by atoms with Crippen LogP contribution in [0.5, 0.6) is 0 Å². The number of carbonyl (C=O) groups is 2. The highest BCUT2D eigenvalue weighted by atomic mass is 16.5. The second kappa shape index (κ2) is 8.85. The molecular weight excluding hydrogens is 320 g/mol. The van der Waals surface area contributed by atoms with Gasteiger partial charge in [0.05, 0.1) is 12.1 Å². The van der Waals surface area contributed by atoms with Crippen molar-refractivity contribution in [2.75, 3.05) is 6.54 Å². The quantitative estimate of drug-likeness (QED) is 0.827. The van der Waals surface area contributed by atoms with E-state index in [-0.39, 0.29) is 24.5 Å². The van der Waals surface area contributed by atoms with Crippen molar-refractivity contribution in [3.63, 3.8) is 0 Å². The van der Waals surface area contributed by atoms with Crippen LogP contribution >= 0.6 is 0 Å². The van der Waals surface area contributed by atoms with E-state index in [1.165, 1.54) is 0 Å². The van der Waals surface area contributed by atoms with Crippen LogP contribution in [0.3, 0.4) is 0 Å². The van der Waals surface area contributed by atoms with Gasteiger partial charge < -0.3 is 20.1 Å². The summed E-state index contributed by atoms with van der Waals surface area (Å²) in [5, 5.41) is 12.6. The molecule has 2 amide bonds. The van der Waals surface area contributed by atoms with Gasteiger partial charge in [0.15, 0.2) is 0 Å². The molecule has 6 nitrogen and oxygen atoms in total. The number of alkyl carbamates (subject to hydrolysis) is 1. The minimum Gasteiger partial charge on any atom is -0.445 e. The number of aliphatic hydroxyl groups excluding tert-OH is 1. The molecule has 0 radical (unpaired) electrons. The van der Waals surface area contributed by atoms with E-state index in [1.54, 1.807) is 11.8 Å². The minimum absolute atomic E-state index is 0.0768. The maximum Gasteiger partial charge on any atom is 0.408 e. The molecule has 3 atom stereocenters. The molecule has 0 saturated carbocycles. The molecule has 138 valence electrons. The van der Waals surface area contributed by atoms with E-state index in [1.807, 2.05) is 44.2 Å². The fourth-order valence-electron chi connectivity index (χ4n) is 3.15. The van der Waals surface area contributed by atoms with Crippen LogP contribution < -0.4 is 5.32 Å². The highest BCUT2D eigenvalue weighted by Gasteiger charge is 2.37. The van der Waals surface area contributed by atoms with Crippen molar-refractivity contribution in [3.8, 4) is 0 Å². The van der Waals surface area contributed by atoms with Crippen LogP contribution in [0.15, 0.2) is 30.3 Å². The van der Waals surface area contributed by atoms with Crippen LogP contribution in [-0.4, -0.2) is 46.7 Å². The monoisotopic (exact) mass is 348 g/mol. The number of nitrogens with zero attached hydrogens (tertiary/aromatic N) is 1. The standard InChI is InChI=1S/C19H28N2O4/c1-13(2)17(18(23)21-11-7-10-16(21)14(3)22)20-19(24)25-12-15-8-5-4-6-9-15/h4-6,8-9,13-14,16-17,22H,7,10-12H2,1-3H3,(H,20,24)/t14-,16-,17-/m0/s1. The lowest BCUT2D eigenvalue weighted by atomic mass is 10.0. The fraction of sp³-hybridized carbons (Fsp3) is 0.579. The molecule has 1 aromatic carbocycles. The third-order valence-corrected chi connectivity index (χ3v) is 4.56. The summed E-state index contributed by atoms with van der Waals surface area (Å²) in [6.45, 7) is 6.23. The maximum absolute atomic E-state index is 12.9. The molecule has 0 spiro atoms. The molecule has 6 heteroatoms. The minimum atomic E-state index is -0.664. The highest BCUT2D eigenvalue weighted by Crippen LogP contribution is 2.22. The van der Waals surface area contributed by atoms with Gasteiger partial charge in [-0.3, -0.25) is 4.79 Å². The summed E-state index contributed by atoms with van der Waals surface area (Å²) in [5.41, 5.74) is 0.888. The molecule has 2 rings (SSSR count). The second-order valence-corrected chi connectivity index (χ2v) is 6.91. The SMILES string of the molecule is CC(C)[C@H](NC(=O)OCc1ccccc1)C(=O)N1CCC[C@H]1[C@H](C)O. The van der Waals surface area contributed by atoms with E-state index in [4.69, 9.17) is 4.74 Å². The lowest BCUT2D eigenvalue weighted by Gasteiger charge is -2.32. The molecular formula is C19H28N2O4. The fourth-order valence-corrected chi connectivity index (χ4v) is 3.15. The lowest BCUT2D eigenvalue weighted by molar-refractivity contribution is -0.137. The van der Waals surface area contributed by atoms with E-state index in [9.17, 15) is 14.7 Å². The van der Waals surface area contributed by atoms with Crippen LogP contribution in [0.25, 0.3) is 0 Å². The van der Waals surface area contributed by atoms with E-state index in [0.717, 1.165) is 18.4 Å². The Balaban J connectivity index is 1.95. The zero-order valence-electron chi connectivity index (χ0n) is 15.1. The van der Waals surface area contributed by atoms with Crippen molar-refractivity contribution in [3.05, 3.63) is 35.9 Å². The number of likely N-dealkylation sites (tertiary alicyclic amines) is 1. The smallest absolute Gasteiger partial charge is 0.408 e. The van der Waals surface area contributed by atoms with Gasteiger partial charge in [0.2, 0.25) is 5.91 Å². The number of nitrogens with one attached hydrogen (secondary N) is 1. The van der Waals surface area contributed by atoms with E-state index < -0.39 is 18.2 Å². The Kier molecular flexibility index (Phi) is 6.82. The summed E-state index contributed by atoms with van der Waals surface area (Å²) < 4.78 is 5.23. The van der Waals surface area contributed by atoms with Crippen LogP contribution in [0, 0.1) is 5.92 Å². The molecule has 1 aliphatic rings. The molecule has 1 heterocycles. The molecule has 0 aromatic heterocycles. The zero-order chi connectivity index (χ0) is 18.4. The van der Waals surface area contributed by atoms with Gasteiger partial charge in [0.1, 0.15) is 12.6 Å². The summed E-state index contributed by atoms with van der Waals surface area (Å²) >= 11 is 0. The Hall–Kier alpha value is -2.08. The highest BCUT2D eigenvalue weighted by molar-refractivity contribution is 5.86. The summed E-state index contributed by atoms with van der Waals surface area (Å²) in [4.78, 5) is 26.7. The first kappa shape index (κ1) is 19.2. The van der Waals surface area contributed by atoms with E-state index in [0.29, 0.717) is 6.54 Å². The van der Waals surface area contributed by atoms with Gasteiger partial charge in [0.25, 0.3) is 0 Å². The van der Waals surface area contributed by atoms with Gasteiger partial charge in [-0.05, 0) is 31.2 Å². The number of aliphatic hydroxyl groups is 1. The summed E-state index contributed by atoms with van der Waals surface area (Å²) in [6, 6.07) is 8.54. The predicted molar refractivity (Wildman–Crippen MR) is 94.8 cm³/mol. The molecule has 0 aliphatic carbocycles. The molecule has 1 fully saturated rings. The average molecular weight is 348 g/mol. The Morgan fingerprint density at radius 3 is 2.56 bits per heavy atom. The van der Waals surface area contributed by atoms with Crippen molar-refractivity contribution in [1.29, 1.82) is 0 Å². The maximum atomic E-state index is 12.9. The first-order valence-corrected chi connectivity index (χ1v) is 8.86. The Labute approximate surface area is 149 Å². The Morgan fingerprint density at radius 2 is 1.96 bits per heavy atom. The van der Waals surface area contributed by atoms with Gasteiger partial charge in [-0.2, -0.15) is 0 Å². The van der Waals surface area contributed by atoms with Crippen LogP contribution in [0.1, 0.15) is 39.2 Å². The number of amides is 2. The number of benzene rings is 1. The van der Waals surface area contributed by atoms with Gasteiger partial charge in [-0.25, -0.2) is 4.79 Å². The summed E-state index contributed by atoms with van der Waals surface area (Å²) in [7, 11) is 0. The van der Waals surface area contributed by atoms with Crippen LogP contribution in [0.2, 0.25) is 0 Å². The third-order valence-electron chi connectivity index (χ3n) is 4.56. The van der Waals surface area contributed by atoms with Crippen molar-refractivity contribution >= 4 is 12.0 Å². The molecule has 0 unspecified atom stereocenters. The molecule has 1 aromatic rings. The van der Waals surface area contributed by atoms with Crippen molar-refractivity contribution in [1.82, 2.24) is 10.2 Å². The molecule has 0 bridgehead atoms. The van der Waals surface area contributed by atoms with Gasteiger partial charge in [0, 0.05) is 6.54 Å². The second-order valence-electron chi connectivity index (χ2n) is 6.91. The zero-order valence-corrected chi connectivity index (χ0v) is 15.1. The topological polar surface area (TPSA) is 78.9 Å². The normalized spacial score (nSPS) is 19.6. The van der Waals surface area contributed by atoms with E-state index in [2.05, 4.69) is 5.32 Å². The number of rotatable bonds is 6. The van der Waals surface area contributed by atoms with Crippen molar-refractivity contribution in [2.24, 2.45) is 5.92 Å². The largest absolute Gasteiger partial charge is 0.445 e. The first-order chi connectivity index (χ1) is 11.9. The Morgan fingerprint density at radius 1 is 1.28 bits per heavy atom. The predicted octanol–water partition coefficient (Wildman–Crippen LogP) is 2.31. The molecule has 1 saturated heterocycles. The number of hydrogen-bond acceptors (Lipinski definition) is 4. The summed E-state index contributed by atoms with van der Waals surface area (Å²) in [5.74, 6) is -0.234. The number of carbonyl (C=O) groups excluding carboxylic acids is 2. The van der Waals surface area contributed by atoms with Gasteiger partial charge in [-0.15, -0.1) is 0 Å². The van der Waals surface area contributed by atoms with Crippen LogP contribution in [0.4, 0.5) is 4.79 Å². The summed E-state index contributed by atoms with van der Waals surface area (Å²) in [6.07, 6.45) is 0.463. The van der Waals surface area contributed by atoms with Crippen molar-refractivity contribution in [2.45, 2.75) is 58.4 Å². The van der Waals surface area contributed by atoms with Crippen LogP contribution in [-0.2, 0) is 16.1 Å². The average Bonchev–Trinajstić information content (AvgIpc) is 3.08. The van der Waals surface area contributed by atoms with Crippen molar-refractivity contribution < 1.29 is 19.4 Å². The number of hydrogen-bond donors (Lipinski definition) is 2. The number of ether oxygens (including phenoxy) is 1. The first-order valence-electron chi connectivity index (χ1n) is 8.86. The van der Waals surface area contributed by atoms with Gasteiger partial charge in [-0.1, -0.05) is 44.2 Å². The Bertz CT molecular complexity index is 574. The third kappa shape index (κ3) is 5.19. The lowest BCUT2D eigenvalue weighted by Crippen LogP contribution is -2.54. The molecule has 1 aliphatic heterocycles.